The van der Waals surface area contributed by atoms with Crippen molar-refractivity contribution in [3.05, 3.63) is 16.6 Å². The van der Waals surface area contributed by atoms with Crippen LogP contribution in [0, 0.1) is 0 Å². The Morgan fingerprint density at radius 1 is 1.12 bits per heavy atom. The molecule has 1 aromatic heterocycles. The predicted molar refractivity (Wildman–Crippen MR) is 84.4 cm³/mol. The number of hydrogen-bond donors (Lipinski definition) is 0. The van der Waals surface area contributed by atoms with Crippen LogP contribution in [0.4, 0.5) is 0 Å². The summed E-state index contributed by atoms with van der Waals surface area (Å²) in [5.74, 6) is -1.40. The molecule has 8 heteroatoms. The zero-order chi connectivity index (χ0) is 17.2. The minimum Gasteiger partial charge on any atom is -0.365 e. The standard InChI is InChI=1S/C16H23NO6S/c1-14(2)19-8-9(21-14)10-16(18-5,13-17-6-7-24-13)11-12(20-10)23-15(3,4)22-11/h6-7,9-12H,8H2,1-5H3/t9-,10-,11+,12-,16-/m1/s1. The lowest BCUT2D eigenvalue weighted by Gasteiger charge is -2.37. The highest BCUT2D eigenvalue weighted by Gasteiger charge is 2.69. The van der Waals surface area contributed by atoms with Gasteiger partial charge in [0.2, 0.25) is 0 Å². The Labute approximate surface area is 145 Å². The molecule has 0 unspecified atom stereocenters. The fourth-order valence-corrected chi connectivity index (χ4v) is 4.61. The van der Waals surface area contributed by atoms with E-state index in [2.05, 4.69) is 4.98 Å². The molecule has 3 aliphatic heterocycles. The van der Waals surface area contributed by atoms with Crippen molar-refractivity contribution in [2.75, 3.05) is 13.7 Å². The van der Waals surface area contributed by atoms with E-state index in [4.69, 9.17) is 28.4 Å². The highest BCUT2D eigenvalue weighted by molar-refractivity contribution is 7.09. The molecule has 1 aromatic rings. The van der Waals surface area contributed by atoms with E-state index >= 15 is 0 Å². The van der Waals surface area contributed by atoms with Gasteiger partial charge in [-0.15, -0.1) is 11.3 Å². The molecule has 0 aliphatic carbocycles. The Morgan fingerprint density at radius 2 is 1.92 bits per heavy atom. The van der Waals surface area contributed by atoms with E-state index in [1.807, 2.05) is 33.1 Å². The van der Waals surface area contributed by atoms with E-state index in [1.54, 1.807) is 13.3 Å². The summed E-state index contributed by atoms with van der Waals surface area (Å²) in [5, 5.41) is 2.70. The molecule has 0 amide bonds. The molecule has 24 heavy (non-hydrogen) atoms. The van der Waals surface area contributed by atoms with E-state index in [-0.39, 0.29) is 6.10 Å². The summed E-state index contributed by atoms with van der Waals surface area (Å²) in [5.41, 5.74) is -0.902. The lowest BCUT2D eigenvalue weighted by atomic mass is 9.89. The van der Waals surface area contributed by atoms with E-state index in [9.17, 15) is 0 Å². The lowest BCUT2D eigenvalue weighted by molar-refractivity contribution is -0.254. The minimum atomic E-state index is -0.902. The molecule has 0 radical (unpaired) electrons. The van der Waals surface area contributed by atoms with Gasteiger partial charge >= 0.3 is 0 Å². The Hall–Kier alpha value is -0.610. The maximum absolute atomic E-state index is 6.22. The summed E-state index contributed by atoms with van der Waals surface area (Å²) in [4.78, 5) is 4.49. The zero-order valence-corrected chi connectivity index (χ0v) is 15.3. The number of rotatable bonds is 3. The summed E-state index contributed by atoms with van der Waals surface area (Å²) >= 11 is 1.51. The van der Waals surface area contributed by atoms with Gasteiger partial charge in [0.1, 0.15) is 23.3 Å². The Bertz CT molecular complexity index is 606. The summed E-state index contributed by atoms with van der Waals surface area (Å²) in [6.07, 6.45) is 0.0376. The fraction of sp³-hybridized carbons (Fsp3) is 0.812. The van der Waals surface area contributed by atoms with Crippen molar-refractivity contribution in [1.29, 1.82) is 0 Å². The number of methoxy groups -OCH3 is 1. The van der Waals surface area contributed by atoms with Crippen molar-refractivity contribution in [3.8, 4) is 0 Å². The number of ether oxygens (including phenoxy) is 6. The van der Waals surface area contributed by atoms with Crippen LogP contribution in [0.15, 0.2) is 11.6 Å². The largest absolute Gasteiger partial charge is 0.365 e. The highest BCUT2D eigenvalue weighted by Crippen LogP contribution is 2.52. The third-order valence-electron chi connectivity index (χ3n) is 4.66. The lowest BCUT2D eigenvalue weighted by Crippen LogP contribution is -2.53. The molecular formula is C16H23NO6S. The molecule has 5 atom stereocenters. The second kappa shape index (κ2) is 5.44. The van der Waals surface area contributed by atoms with Gasteiger partial charge in [-0.3, -0.25) is 0 Å². The molecule has 0 spiro atoms. The normalized spacial score (nSPS) is 43.2. The molecule has 3 fully saturated rings. The molecular weight excluding hydrogens is 334 g/mol. The topological polar surface area (TPSA) is 68.3 Å². The Balaban J connectivity index is 1.74. The van der Waals surface area contributed by atoms with Crippen LogP contribution < -0.4 is 0 Å². The van der Waals surface area contributed by atoms with Crippen LogP contribution in [-0.2, 0) is 34.0 Å². The summed E-state index contributed by atoms with van der Waals surface area (Å²) in [7, 11) is 1.65. The molecule has 0 saturated carbocycles. The second-order valence-corrected chi connectivity index (χ2v) is 8.08. The van der Waals surface area contributed by atoms with Gasteiger partial charge < -0.3 is 28.4 Å². The van der Waals surface area contributed by atoms with E-state index in [0.29, 0.717) is 6.61 Å². The van der Waals surface area contributed by atoms with Crippen molar-refractivity contribution in [2.45, 2.75) is 69.5 Å². The predicted octanol–water partition coefficient (Wildman–Crippen LogP) is 2.01. The number of hydrogen-bond acceptors (Lipinski definition) is 8. The van der Waals surface area contributed by atoms with Crippen LogP contribution in [0.5, 0.6) is 0 Å². The van der Waals surface area contributed by atoms with Crippen molar-refractivity contribution in [3.63, 3.8) is 0 Å². The van der Waals surface area contributed by atoms with Gasteiger partial charge in [0.25, 0.3) is 0 Å². The van der Waals surface area contributed by atoms with Crippen LogP contribution in [0.2, 0.25) is 0 Å². The van der Waals surface area contributed by atoms with Gasteiger partial charge in [-0.2, -0.15) is 0 Å². The first-order valence-electron chi connectivity index (χ1n) is 8.05. The summed E-state index contributed by atoms with van der Waals surface area (Å²) < 4.78 is 36.1. The number of nitrogens with zero attached hydrogens (tertiary/aromatic N) is 1. The van der Waals surface area contributed by atoms with Crippen molar-refractivity contribution < 1.29 is 28.4 Å². The first-order chi connectivity index (χ1) is 11.3. The molecule has 4 rings (SSSR count). The van der Waals surface area contributed by atoms with Crippen LogP contribution in [0.3, 0.4) is 0 Å². The van der Waals surface area contributed by atoms with E-state index < -0.39 is 35.7 Å². The first-order valence-corrected chi connectivity index (χ1v) is 8.93. The summed E-state index contributed by atoms with van der Waals surface area (Å²) in [6.45, 7) is 7.92. The quantitative estimate of drug-likeness (QED) is 0.820. The zero-order valence-electron chi connectivity index (χ0n) is 14.5. The third kappa shape index (κ3) is 2.44. The van der Waals surface area contributed by atoms with Crippen LogP contribution >= 0.6 is 11.3 Å². The van der Waals surface area contributed by atoms with Gasteiger partial charge in [0, 0.05) is 18.7 Å². The fourth-order valence-electron chi connectivity index (χ4n) is 3.73. The monoisotopic (exact) mass is 357 g/mol. The average molecular weight is 357 g/mol. The van der Waals surface area contributed by atoms with Crippen molar-refractivity contribution in [2.24, 2.45) is 0 Å². The van der Waals surface area contributed by atoms with Gasteiger partial charge in [-0.25, -0.2) is 4.98 Å². The number of aromatic nitrogens is 1. The maximum atomic E-state index is 6.22. The minimum absolute atomic E-state index is 0.301. The average Bonchev–Trinajstić information content (AvgIpc) is 3.21. The SMILES string of the molecule is CO[C@]1(c2nccs2)[C@@H]([C@H]2COC(C)(C)O2)O[C@@H]2OC(C)(C)O[C@@H]21. The van der Waals surface area contributed by atoms with Crippen LogP contribution in [-0.4, -0.2) is 54.9 Å². The maximum Gasteiger partial charge on any atom is 0.191 e. The molecule has 0 aromatic carbocycles. The van der Waals surface area contributed by atoms with Gasteiger partial charge in [0.15, 0.2) is 23.5 Å². The molecule has 0 N–H and O–H groups in total. The smallest absolute Gasteiger partial charge is 0.191 e. The Morgan fingerprint density at radius 3 is 2.50 bits per heavy atom. The van der Waals surface area contributed by atoms with Gasteiger partial charge in [-0.05, 0) is 27.7 Å². The molecule has 0 bridgehead atoms. The first kappa shape index (κ1) is 16.8. The molecule has 7 nitrogen and oxygen atoms in total. The van der Waals surface area contributed by atoms with Crippen LogP contribution in [0.25, 0.3) is 0 Å². The van der Waals surface area contributed by atoms with Crippen molar-refractivity contribution in [1.82, 2.24) is 4.98 Å². The highest BCUT2D eigenvalue weighted by atomic mass is 32.1. The van der Waals surface area contributed by atoms with Crippen LogP contribution in [0.1, 0.15) is 32.7 Å². The third-order valence-corrected chi connectivity index (χ3v) is 5.56. The van der Waals surface area contributed by atoms with E-state index in [1.165, 1.54) is 11.3 Å². The molecule has 4 heterocycles. The Kier molecular flexibility index (Phi) is 3.82. The molecule has 134 valence electrons. The molecule has 3 aliphatic rings. The van der Waals surface area contributed by atoms with Gasteiger partial charge in [-0.1, -0.05) is 0 Å². The summed E-state index contributed by atoms with van der Waals surface area (Å²) in [6, 6.07) is 0. The van der Waals surface area contributed by atoms with E-state index in [0.717, 1.165) is 5.01 Å². The second-order valence-electron chi connectivity index (χ2n) is 7.18. The van der Waals surface area contributed by atoms with Crippen molar-refractivity contribution >= 4 is 11.3 Å². The number of fused-ring (bicyclic) bond motifs is 1. The molecule has 3 saturated heterocycles. The van der Waals surface area contributed by atoms with Gasteiger partial charge in [0.05, 0.1) is 6.61 Å². The number of thiazole rings is 1.